The first-order chi connectivity index (χ1) is 9.46. The molecule has 20 heavy (non-hydrogen) atoms. The molecule has 0 aliphatic carbocycles. The number of nitrogens with one attached hydrogen (secondary N) is 2. The molecule has 0 unspecified atom stereocenters. The lowest BCUT2D eigenvalue weighted by Crippen LogP contribution is -2.39. The van der Waals surface area contributed by atoms with Gasteiger partial charge < -0.3 is 15.6 Å². The lowest BCUT2D eigenvalue weighted by molar-refractivity contribution is -0.120. The number of rotatable bonds is 7. The number of aryl methyl sites for hydroxylation is 1. The fourth-order valence-corrected chi connectivity index (χ4v) is 1.75. The topological polar surface area (TPSA) is 96.2 Å². The van der Waals surface area contributed by atoms with Gasteiger partial charge in [0.1, 0.15) is 17.5 Å². The zero-order valence-electron chi connectivity index (χ0n) is 12.6. The minimum absolute atomic E-state index is 0.0413. The van der Waals surface area contributed by atoms with Crippen LogP contribution in [0.5, 0.6) is 0 Å². The van der Waals surface area contributed by atoms with Crippen molar-refractivity contribution in [2.45, 2.75) is 39.7 Å². The van der Waals surface area contributed by atoms with Crippen molar-refractivity contribution in [2.24, 2.45) is 5.84 Å². The van der Waals surface area contributed by atoms with Crippen molar-refractivity contribution in [1.82, 2.24) is 15.3 Å². The van der Waals surface area contributed by atoms with E-state index in [-0.39, 0.29) is 18.5 Å². The fourth-order valence-electron chi connectivity index (χ4n) is 1.75. The molecule has 0 saturated heterocycles. The zero-order valence-corrected chi connectivity index (χ0v) is 12.6. The summed E-state index contributed by atoms with van der Waals surface area (Å²) in [5, 5.41) is 2.85. The highest BCUT2D eigenvalue weighted by molar-refractivity contribution is 5.81. The highest BCUT2D eigenvalue weighted by atomic mass is 16.2. The average Bonchev–Trinajstić information content (AvgIpc) is 2.37. The van der Waals surface area contributed by atoms with Crippen LogP contribution < -0.4 is 21.5 Å². The van der Waals surface area contributed by atoms with E-state index in [0.29, 0.717) is 17.5 Å². The van der Waals surface area contributed by atoms with Crippen LogP contribution in [0.4, 0.5) is 11.6 Å². The monoisotopic (exact) mass is 280 g/mol. The summed E-state index contributed by atoms with van der Waals surface area (Å²) >= 11 is 0. The van der Waals surface area contributed by atoms with Gasteiger partial charge in [-0.3, -0.25) is 4.79 Å². The molecule has 1 rings (SSSR count). The molecule has 112 valence electrons. The SMILES string of the molecule is CCCc1nc(NN)cc(N(C)CC(=O)NC(C)C)n1. The molecule has 0 fully saturated rings. The van der Waals surface area contributed by atoms with Gasteiger partial charge in [0.2, 0.25) is 5.91 Å². The average molecular weight is 280 g/mol. The third-order valence-electron chi connectivity index (χ3n) is 2.60. The number of carbonyl (C=O) groups is 1. The smallest absolute Gasteiger partial charge is 0.239 e. The Hall–Kier alpha value is -1.89. The Balaban J connectivity index is 2.82. The first-order valence-electron chi connectivity index (χ1n) is 6.81. The van der Waals surface area contributed by atoms with E-state index in [9.17, 15) is 4.79 Å². The molecule has 0 aromatic carbocycles. The molecule has 1 aromatic rings. The van der Waals surface area contributed by atoms with Gasteiger partial charge in [-0.2, -0.15) is 0 Å². The standard InChI is InChI=1S/C13H24N6O/c1-5-6-10-16-11(18-14)7-12(17-10)19(4)8-13(20)15-9(2)3/h7,9H,5-6,8,14H2,1-4H3,(H,15,20)(H,16,17,18). The molecule has 0 atom stereocenters. The van der Waals surface area contributed by atoms with Crippen molar-refractivity contribution < 1.29 is 4.79 Å². The van der Waals surface area contributed by atoms with Crippen LogP contribution in [-0.4, -0.2) is 35.5 Å². The highest BCUT2D eigenvalue weighted by Gasteiger charge is 2.12. The summed E-state index contributed by atoms with van der Waals surface area (Å²) in [6.45, 7) is 6.16. The number of nitrogens with zero attached hydrogens (tertiary/aromatic N) is 3. The van der Waals surface area contributed by atoms with Crippen LogP contribution in [0.2, 0.25) is 0 Å². The zero-order chi connectivity index (χ0) is 15.1. The highest BCUT2D eigenvalue weighted by Crippen LogP contribution is 2.14. The van der Waals surface area contributed by atoms with E-state index < -0.39 is 0 Å². The minimum Gasteiger partial charge on any atom is -0.352 e. The molecule has 1 heterocycles. The Kier molecular flexibility index (Phi) is 6.17. The van der Waals surface area contributed by atoms with Crippen molar-refractivity contribution >= 4 is 17.5 Å². The number of hydrogen-bond donors (Lipinski definition) is 3. The van der Waals surface area contributed by atoms with E-state index >= 15 is 0 Å². The van der Waals surface area contributed by atoms with E-state index in [1.54, 1.807) is 11.0 Å². The van der Waals surface area contributed by atoms with Crippen LogP contribution in [-0.2, 0) is 11.2 Å². The number of amides is 1. The molecule has 0 radical (unpaired) electrons. The van der Waals surface area contributed by atoms with Crippen molar-refractivity contribution in [3.8, 4) is 0 Å². The summed E-state index contributed by atoms with van der Waals surface area (Å²) in [4.78, 5) is 22.3. The first-order valence-corrected chi connectivity index (χ1v) is 6.81. The van der Waals surface area contributed by atoms with Crippen LogP contribution in [0, 0.1) is 0 Å². The number of aromatic nitrogens is 2. The Morgan fingerprint density at radius 3 is 2.70 bits per heavy atom. The largest absolute Gasteiger partial charge is 0.352 e. The predicted octanol–water partition coefficient (Wildman–Crippen LogP) is 0.676. The van der Waals surface area contributed by atoms with Crippen molar-refractivity contribution in [2.75, 3.05) is 23.9 Å². The number of hydrazine groups is 1. The minimum atomic E-state index is -0.0413. The summed E-state index contributed by atoms with van der Waals surface area (Å²) in [5.74, 6) is 7.32. The molecule has 0 spiro atoms. The predicted molar refractivity (Wildman–Crippen MR) is 80.4 cm³/mol. The van der Waals surface area contributed by atoms with Gasteiger partial charge in [0, 0.05) is 25.6 Å². The van der Waals surface area contributed by atoms with Crippen LogP contribution in [0.3, 0.4) is 0 Å². The number of carbonyl (C=O) groups excluding carboxylic acids is 1. The van der Waals surface area contributed by atoms with E-state index in [0.717, 1.165) is 12.8 Å². The van der Waals surface area contributed by atoms with Gasteiger partial charge >= 0.3 is 0 Å². The summed E-state index contributed by atoms with van der Waals surface area (Å²) in [6, 6.07) is 1.85. The second-order valence-electron chi connectivity index (χ2n) is 5.00. The molecule has 4 N–H and O–H groups in total. The van der Waals surface area contributed by atoms with Gasteiger partial charge in [0.05, 0.1) is 6.54 Å². The van der Waals surface area contributed by atoms with Gasteiger partial charge in [0.15, 0.2) is 0 Å². The maximum Gasteiger partial charge on any atom is 0.239 e. The van der Waals surface area contributed by atoms with Gasteiger partial charge in [-0.1, -0.05) is 6.92 Å². The normalized spacial score (nSPS) is 10.5. The molecular weight excluding hydrogens is 256 g/mol. The van der Waals surface area contributed by atoms with Gasteiger partial charge in [-0.25, -0.2) is 15.8 Å². The van der Waals surface area contributed by atoms with Crippen molar-refractivity contribution in [1.29, 1.82) is 0 Å². The van der Waals surface area contributed by atoms with E-state index in [1.165, 1.54) is 0 Å². The second kappa shape index (κ2) is 7.64. The number of nitrogen functional groups attached to an aromatic ring is 1. The van der Waals surface area contributed by atoms with Crippen LogP contribution in [0.15, 0.2) is 6.07 Å². The summed E-state index contributed by atoms with van der Waals surface area (Å²) < 4.78 is 0. The number of hydrogen-bond acceptors (Lipinski definition) is 6. The second-order valence-corrected chi connectivity index (χ2v) is 5.00. The van der Waals surface area contributed by atoms with Crippen LogP contribution in [0.1, 0.15) is 33.0 Å². The maximum atomic E-state index is 11.8. The summed E-state index contributed by atoms with van der Waals surface area (Å²) in [7, 11) is 1.82. The summed E-state index contributed by atoms with van der Waals surface area (Å²) in [6.07, 6.45) is 1.72. The van der Waals surface area contributed by atoms with Crippen LogP contribution in [0.25, 0.3) is 0 Å². The molecule has 0 saturated carbocycles. The third kappa shape index (κ3) is 5.00. The van der Waals surface area contributed by atoms with Crippen molar-refractivity contribution in [3.05, 3.63) is 11.9 Å². The molecule has 1 amide bonds. The van der Waals surface area contributed by atoms with Gasteiger partial charge in [0.25, 0.3) is 0 Å². The molecule has 1 aromatic heterocycles. The van der Waals surface area contributed by atoms with E-state index in [4.69, 9.17) is 5.84 Å². The molecule has 0 bridgehead atoms. The number of nitrogens with two attached hydrogens (primary N) is 1. The molecule has 0 aliphatic rings. The van der Waals surface area contributed by atoms with Crippen LogP contribution >= 0.6 is 0 Å². The van der Waals surface area contributed by atoms with E-state index in [2.05, 4.69) is 27.6 Å². The third-order valence-corrected chi connectivity index (χ3v) is 2.60. The van der Waals surface area contributed by atoms with Gasteiger partial charge in [-0.05, 0) is 20.3 Å². The Morgan fingerprint density at radius 2 is 2.15 bits per heavy atom. The number of likely N-dealkylation sites (N-methyl/N-ethyl adjacent to an activating group) is 1. The first kappa shape index (κ1) is 16.2. The maximum absolute atomic E-state index is 11.8. The van der Waals surface area contributed by atoms with Crippen molar-refractivity contribution in [3.63, 3.8) is 0 Å². The molecule has 7 heteroatoms. The molecule has 7 nitrogen and oxygen atoms in total. The number of anilines is 2. The molecule has 0 aliphatic heterocycles. The molecular formula is C13H24N6O. The lowest BCUT2D eigenvalue weighted by Gasteiger charge is -2.19. The summed E-state index contributed by atoms with van der Waals surface area (Å²) in [5.41, 5.74) is 2.53. The fraction of sp³-hybridized carbons (Fsp3) is 0.615. The Bertz CT molecular complexity index is 448. The quantitative estimate of drug-likeness (QED) is 0.502. The Morgan fingerprint density at radius 1 is 1.45 bits per heavy atom. The van der Waals surface area contributed by atoms with E-state index in [1.807, 2.05) is 20.9 Å². The Labute approximate surface area is 119 Å². The lowest BCUT2D eigenvalue weighted by atomic mass is 10.3. The van der Waals surface area contributed by atoms with Gasteiger partial charge in [-0.15, -0.1) is 0 Å².